The fourth-order valence-electron chi connectivity index (χ4n) is 1.78. The highest BCUT2D eigenvalue weighted by molar-refractivity contribution is 8.01. The first-order chi connectivity index (χ1) is 9.94. The molecule has 0 bridgehead atoms. The van der Waals surface area contributed by atoms with Crippen LogP contribution in [-0.2, 0) is 17.9 Å². The average molecular weight is 323 g/mol. The molecule has 114 valence electrons. The summed E-state index contributed by atoms with van der Waals surface area (Å²) < 4.78 is 5.47. The van der Waals surface area contributed by atoms with E-state index < -0.39 is 0 Å². The Bertz CT molecular complexity index is 505. The molecule has 0 unspecified atom stereocenters. The number of amides is 1. The molecule has 0 atom stereocenters. The second kappa shape index (κ2) is 7.18. The highest BCUT2D eigenvalue weighted by atomic mass is 32.2. The van der Waals surface area contributed by atoms with E-state index in [1.807, 2.05) is 28.5 Å². The van der Waals surface area contributed by atoms with Gasteiger partial charge in [0, 0.05) is 9.62 Å². The molecule has 0 saturated heterocycles. The highest BCUT2D eigenvalue weighted by Gasteiger charge is 2.19. The van der Waals surface area contributed by atoms with Crippen LogP contribution in [0.4, 0.5) is 0 Å². The number of thioether (sulfide) groups is 1. The molecule has 0 aliphatic carbocycles. The zero-order chi connectivity index (χ0) is 15.3. The fourth-order valence-corrected chi connectivity index (χ4v) is 3.24. The Balaban J connectivity index is 2.01. The van der Waals surface area contributed by atoms with Gasteiger partial charge in [-0.1, -0.05) is 26.8 Å². The lowest BCUT2D eigenvalue weighted by Gasteiger charge is -2.23. The second-order valence-electron chi connectivity index (χ2n) is 5.81. The summed E-state index contributed by atoms with van der Waals surface area (Å²) in [5, 5.41) is 2.04. The topological polar surface area (TPSA) is 33.5 Å². The molecule has 0 N–H and O–H groups in total. The molecule has 0 spiro atoms. The van der Waals surface area contributed by atoms with Crippen molar-refractivity contribution in [3.05, 3.63) is 46.5 Å². The van der Waals surface area contributed by atoms with E-state index in [1.165, 1.54) is 4.88 Å². The molecule has 0 saturated carbocycles. The van der Waals surface area contributed by atoms with Gasteiger partial charge in [-0.25, -0.2) is 0 Å². The van der Waals surface area contributed by atoms with Crippen LogP contribution in [0.1, 0.15) is 31.4 Å². The zero-order valence-corrected chi connectivity index (χ0v) is 14.3. The summed E-state index contributed by atoms with van der Waals surface area (Å²) in [5.41, 5.74) is 0. The predicted octanol–water partition coefficient (Wildman–Crippen LogP) is 4.40. The standard InChI is InChI=1S/C16H21NO2S2/c1-16(2,3)21-12-15(18)17(10-13-6-4-8-19-13)11-14-7-5-9-20-14/h4-9H,10-12H2,1-3H3. The second-order valence-corrected chi connectivity index (χ2v) is 8.64. The molecular formula is C16H21NO2S2. The molecular weight excluding hydrogens is 302 g/mol. The molecule has 0 aliphatic rings. The number of rotatable bonds is 6. The van der Waals surface area contributed by atoms with Crippen LogP contribution >= 0.6 is 23.1 Å². The minimum absolute atomic E-state index is 0.0922. The van der Waals surface area contributed by atoms with E-state index in [2.05, 4.69) is 26.8 Å². The molecule has 2 heterocycles. The molecule has 2 aromatic heterocycles. The predicted molar refractivity (Wildman–Crippen MR) is 89.5 cm³/mol. The number of carbonyl (C=O) groups is 1. The van der Waals surface area contributed by atoms with E-state index in [1.54, 1.807) is 29.4 Å². The SMILES string of the molecule is CC(C)(C)SCC(=O)N(Cc1ccco1)Cc1cccs1. The number of furan rings is 1. The summed E-state index contributed by atoms with van der Waals surface area (Å²) in [7, 11) is 0. The quantitative estimate of drug-likeness (QED) is 0.790. The van der Waals surface area contributed by atoms with Crippen LogP contribution in [0.25, 0.3) is 0 Å². The van der Waals surface area contributed by atoms with E-state index in [-0.39, 0.29) is 10.7 Å². The third-order valence-electron chi connectivity index (χ3n) is 2.83. The van der Waals surface area contributed by atoms with Crippen LogP contribution < -0.4 is 0 Å². The van der Waals surface area contributed by atoms with E-state index in [0.717, 1.165) is 5.76 Å². The van der Waals surface area contributed by atoms with Crippen molar-refractivity contribution in [2.45, 2.75) is 38.6 Å². The van der Waals surface area contributed by atoms with Crippen molar-refractivity contribution >= 4 is 29.0 Å². The number of nitrogens with zero attached hydrogens (tertiary/aromatic N) is 1. The van der Waals surface area contributed by atoms with Crippen LogP contribution in [0, 0.1) is 0 Å². The van der Waals surface area contributed by atoms with E-state index in [0.29, 0.717) is 18.8 Å². The summed E-state index contributed by atoms with van der Waals surface area (Å²) in [6, 6.07) is 7.84. The number of thiophene rings is 1. The number of hydrogen-bond acceptors (Lipinski definition) is 4. The van der Waals surface area contributed by atoms with Gasteiger partial charge in [-0.3, -0.25) is 4.79 Å². The van der Waals surface area contributed by atoms with Crippen LogP contribution in [0.15, 0.2) is 40.3 Å². The highest BCUT2D eigenvalue weighted by Crippen LogP contribution is 2.24. The molecule has 0 radical (unpaired) electrons. The van der Waals surface area contributed by atoms with Gasteiger partial charge >= 0.3 is 0 Å². The average Bonchev–Trinajstić information content (AvgIpc) is 3.07. The summed E-state index contributed by atoms with van der Waals surface area (Å²) in [5.74, 6) is 1.47. The van der Waals surface area contributed by atoms with Gasteiger partial charge in [-0.05, 0) is 23.6 Å². The zero-order valence-electron chi connectivity index (χ0n) is 12.7. The van der Waals surface area contributed by atoms with Crippen molar-refractivity contribution in [3.8, 4) is 0 Å². The molecule has 3 nitrogen and oxygen atoms in total. The van der Waals surface area contributed by atoms with Crippen LogP contribution in [0.2, 0.25) is 0 Å². The maximum atomic E-state index is 12.5. The first kappa shape index (κ1) is 16.2. The van der Waals surface area contributed by atoms with Gasteiger partial charge in [0.1, 0.15) is 5.76 Å². The van der Waals surface area contributed by atoms with Gasteiger partial charge in [0.25, 0.3) is 0 Å². The normalized spacial score (nSPS) is 11.6. The number of carbonyl (C=O) groups excluding carboxylic acids is 1. The Kier molecular flexibility index (Phi) is 5.53. The molecule has 5 heteroatoms. The van der Waals surface area contributed by atoms with Crippen molar-refractivity contribution in [1.29, 1.82) is 0 Å². The van der Waals surface area contributed by atoms with Crippen molar-refractivity contribution in [1.82, 2.24) is 4.90 Å². The summed E-state index contributed by atoms with van der Waals surface area (Å²) in [4.78, 5) is 15.6. The van der Waals surface area contributed by atoms with E-state index in [4.69, 9.17) is 4.42 Å². The number of hydrogen-bond donors (Lipinski definition) is 0. The van der Waals surface area contributed by atoms with Crippen molar-refractivity contribution in [3.63, 3.8) is 0 Å². The Morgan fingerprint density at radius 2 is 2.10 bits per heavy atom. The molecule has 2 rings (SSSR count). The lowest BCUT2D eigenvalue weighted by molar-refractivity contribution is -0.129. The first-order valence-electron chi connectivity index (χ1n) is 6.90. The van der Waals surface area contributed by atoms with Gasteiger partial charge < -0.3 is 9.32 Å². The monoisotopic (exact) mass is 323 g/mol. The van der Waals surface area contributed by atoms with Gasteiger partial charge in [0.05, 0.1) is 25.1 Å². The molecule has 2 aromatic rings. The summed E-state index contributed by atoms with van der Waals surface area (Å²) in [6.07, 6.45) is 1.65. The summed E-state index contributed by atoms with van der Waals surface area (Å²) in [6.45, 7) is 7.54. The molecule has 21 heavy (non-hydrogen) atoms. The third kappa shape index (κ3) is 5.59. The van der Waals surface area contributed by atoms with E-state index in [9.17, 15) is 4.79 Å². The lowest BCUT2D eigenvalue weighted by atomic mass is 10.3. The smallest absolute Gasteiger partial charge is 0.233 e. The van der Waals surface area contributed by atoms with Crippen LogP contribution in [0.5, 0.6) is 0 Å². The Hall–Kier alpha value is -1.20. The fraction of sp³-hybridized carbons (Fsp3) is 0.438. The van der Waals surface area contributed by atoms with Gasteiger partial charge in [0.15, 0.2) is 0 Å². The van der Waals surface area contributed by atoms with Crippen molar-refractivity contribution in [2.24, 2.45) is 0 Å². The maximum Gasteiger partial charge on any atom is 0.233 e. The minimum atomic E-state index is 0.0922. The van der Waals surface area contributed by atoms with Crippen LogP contribution in [0.3, 0.4) is 0 Å². The Labute approximate surface area is 134 Å². The maximum absolute atomic E-state index is 12.5. The van der Waals surface area contributed by atoms with Gasteiger partial charge in [0.2, 0.25) is 5.91 Å². The molecule has 0 fully saturated rings. The third-order valence-corrected chi connectivity index (χ3v) is 4.95. The molecule has 0 aliphatic heterocycles. The van der Waals surface area contributed by atoms with Gasteiger partial charge in [-0.2, -0.15) is 0 Å². The van der Waals surface area contributed by atoms with Crippen molar-refractivity contribution in [2.75, 3.05) is 5.75 Å². The Morgan fingerprint density at radius 3 is 2.67 bits per heavy atom. The van der Waals surface area contributed by atoms with E-state index >= 15 is 0 Å². The van der Waals surface area contributed by atoms with Crippen LogP contribution in [-0.4, -0.2) is 21.3 Å². The largest absolute Gasteiger partial charge is 0.467 e. The first-order valence-corrected chi connectivity index (χ1v) is 8.77. The molecule has 1 amide bonds. The minimum Gasteiger partial charge on any atom is -0.467 e. The summed E-state index contributed by atoms with van der Waals surface area (Å²) >= 11 is 3.35. The Morgan fingerprint density at radius 1 is 1.29 bits per heavy atom. The van der Waals surface area contributed by atoms with Crippen molar-refractivity contribution < 1.29 is 9.21 Å². The lowest BCUT2D eigenvalue weighted by Crippen LogP contribution is -2.32. The van der Waals surface area contributed by atoms with Gasteiger partial charge in [-0.15, -0.1) is 23.1 Å². The molecule has 0 aromatic carbocycles.